The minimum Gasteiger partial charge on any atom is -0.470 e. The van der Waals surface area contributed by atoms with E-state index >= 15 is 0 Å². The molecule has 29 heavy (non-hydrogen) atoms. The molecule has 2 aliphatic rings. The maximum absolute atomic E-state index is 6.37. The Hall–Kier alpha value is -2.94. The second-order valence-electron chi connectivity index (χ2n) is 8.04. The number of anilines is 1. The van der Waals surface area contributed by atoms with Gasteiger partial charge in [0.25, 0.3) is 5.88 Å². The van der Waals surface area contributed by atoms with E-state index in [-0.39, 0.29) is 5.82 Å². The van der Waals surface area contributed by atoms with Crippen LogP contribution in [0.2, 0.25) is 0 Å². The van der Waals surface area contributed by atoms with Gasteiger partial charge in [-0.3, -0.25) is 9.99 Å². The van der Waals surface area contributed by atoms with E-state index in [1.807, 2.05) is 19.1 Å². The first-order chi connectivity index (χ1) is 14.0. The SMILES string of the molecule is CN1CCC(N2CC(C)(c3cnc(N)c(OCc4ccncc4)n3)C(N)=N2)CC1. The average Bonchev–Trinajstić information content (AvgIpc) is 3.04. The molecule has 154 valence electrons. The summed E-state index contributed by atoms with van der Waals surface area (Å²) in [6.45, 7) is 5.21. The summed E-state index contributed by atoms with van der Waals surface area (Å²) in [5.74, 6) is 1.12. The monoisotopic (exact) mass is 396 g/mol. The smallest absolute Gasteiger partial charge is 0.257 e. The van der Waals surface area contributed by atoms with Gasteiger partial charge in [-0.2, -0.15) is 5.10 Å². The Morgan fingerprint density at radius 3 is 2.66 bits per heavy atom. The lowest BCUT2D eigenvalue weighted by Gasteiger charge is -2.35. The number of likely N-dealkylation sites (tertiary alicyclic amines) is 1. The molecule has 9 nitrogen and oxygen atoms in total. The van der Waals surface area contributed by atoms with Crippen molar-refractivity contribution in [2.24, 2.45) is 10.8 Å². The summed E-state index contributed by atoms with van der Waals surface area (Å²) in [6, 6.07) is 4.17. The zero-order valence-electron chi connectivity index (χ0n) is 17.0. The number of rotatable bonds is 5. The first-order valence-electron chi connectivity index (χ1n) is 9.90. The molecule has 0 bridgehead atoms. The predicted molar refractivity (Wildman–Crippen MR) is 111 cm³/mol. The largest absolute Gasteiger partial charge is 0.470 e. The number of hydrogen-bond acceptors (Lipinski definition) is 9. The number of aromatic nitrogens is 3. The molecule has 0 saturated carbocycles. The Morgan fingerprint density at radius 1 is 1.21 bits per heavy atom. The molecule has 9 heteroatoms. The van der Waals surface area contributed by atoms with Crippen LogP contribution in [0.3, 0.4) is 0 Å². The van der Waals surface area contributed by atoms with Gasteiger partial charge in [0, 0.05) is 18.4 Å². The van der Waals surface area contributed by atoms with Crippen molar-refractivity contribution in [3.63, 3.8) is 0 Å². The van der Waals surface area contributed by atoms with E-state index in [0.717, 1.165) is 31.5 Å². The van der Waals surface area contributed by atoms with Crippen LogP contribution in [-0.2, 0) is 12.0 Å². The highest BCUT2D eigenvalue weighted by Gasteiger charge is 2.43. The maximum atomic E-state index is 6.37. The molecule has 1 unspecified atom stereocenters. The number of hydrogen-bond donors (Lipinski definition) is 2. The molecule has 2 aliphatic heterocycles. The maximum Gasteiger partial charge on any atom is 0.257 e. The first-order valence-corrected chi connectivity index (χ1v) is 9.90. The van der Waals surface area contributed by atoms with Crippen LogP contribution in [0.25, 0.3) is 0 Å². The topological polar surface area (TPSA) is 119 Å². The summed E-state index contributed by atoms with van der Waals surface area (Å²) in [5.41, 5.74) is 13.5. The normalized spacial score (nSPS) is 23.2. The third-order valence-corrected chi connectivity index (χ3v) is 5.85. The van der Waals surface area contributed by atoms with Gasteiger partial charge in [-0.05, 0) is 57.6 Å². The summed E-state index contributed by atoms with van der Waals surface area (Å²) in [4.78, 5) is 15.3. The lowest BCUT2D eigenvalue weighted by molar-refractivity contribution is 0.125. The lowest BCUT2D eigenvalue weighted by atomic mass is 9.86. The van der Waals surface area contributed by atoms with Gasteiger partial charge in [0.15, 0.2) is 5.82 Å². The molecule has 2 aromatic heterocycles. The van der Waals surface area contributed by atoms with E-state index in [9.17, 15) is 0 Å². The van der Waals surface area contributed by atoms with Crippen molar-refractivity contribution in [3.05, 3.63) is 42.0 Å². The van der Waals surface area contributed by atoms with Crippen LogP contribution in [0.15, 0.2) is 35.8 Å². The molecule has 4 heterocycles. The highest BCUT2D eigenvalue weighted by molar-refractivity contribution is 5.92. The number of nitrogens with two attached hydrogens (primary N) is 2. The highest BCUT2D eigenvalue weighted by Crippen LogP contribution is 2.33. The van der Waals surface area contributed by atoms with E-state index in [4.69, 9.17) is 16.2 Å². The fraction of sp³-hybridized carbons (Fsp3) is 0.500. The van der Waals surface area contributed by atoms with Crippen LogP contribution < -0.4 is 16.2 Å². The summed E-state index contributed by atoms with van der Waals surface area (Å²) >= 11 is 0. The summed E-state index contributed by atoms with van der Waals surface area (Å²) in [7, 11) is 2.15. The average molecular weight is 396 g/mol. The minimum atomic E-state index is -0.529. The first kappa shape index (κ1) is 19.4. The van der Waals surface area contributed by atoms with Crippen molar-refractivity contribution in [1.29, 1.82) is 0 Å². The summed E-state index contributed by atoms with van der Waals surface area (Å²) < 4.78 is 5.83. The van der Waals surface area contributed by atoms with Gasteiger partial charge in [-0.1, -0.05) is 0 Å². The van der Waals surface area contributed by atoms with E-state index in [1.54, 1.807) is 18.6 Å². The van der Waals surface area contributed by atoms with Crippen LogP contribution >= 0.6 is 0 Å². The third-order valence-electron chi connectivity index (χ3n) is 5.85. The Balaban J connectivity index is 1.51. The Bertz CT molecular complexity index is 881. The van der Waals surface area contributed by atoms with Crippen molar-refractivity contribution in [2.45, 2.75) is 37.8 Å². The standard InChI is InChI=1S/C20H28N8O/c1-20(13-28(26-19(20)22)15-5-9-27(2)10-6-15)16-11-24-17(21)18(25-16)29-12-14-3-7-23-8-4-14/h3-4,7-8,11,15H,5-6,9-10,12-13H2,1-2H3,(H2,21,24)(H2,22,26). The number of piperidine rings is 1. The van der Waals surface area contributed by atoms with Crippen LogP contribution in [0, 0.1) is 0 Å². The van der Waals surface area contributed by atoms with Crippen molar-refractivity contribution in [3.8, 4) is 5.88 Å². The molecule has 0 radical (unpaired) electrons. The lowest BCUT2D eigenvalue weighted by Crippen LogP contribution is -2.45. The quantitative estimate of drug-likeness (QED) is 0.767. The molecular formula is C20H28N8O. The van der Waals surface area contributed by atoms with Gasteiger partial charge in [0.05, 0.1) is 23.9 Å². The molecule has 1 fully saturated rings. The second-order valence-corrected chi connectivity index (χ2v) is 8.04. The molecule has 4 N–H and O–H groups in total. The van der Waals surface area contributed by atoms with Gasteiger partial charge in [0.2, 0.25) is 0 Å². The van der Waals surface area contributed by atoms with Crippen molar-refractivity contribution >= 4 is 11.7 Å². The number of ether oxygens (including phenoxy) is 1. The molecule has 0 aliphatic carbocycles. The molecule has 0 amide bonds. The summed E-state index contributed by atoms with van der Waals surface area (Å²) in [5, 5.41) is 6.80. The van der Waals surface area contributed by atoms with Crippen molar-refractivity contribution < 1.29 is 4.74 Å². The molecule has 1 saturated heterocycles. The molecule has 0 spiro atoms. The molecule has 2 aromatic rings. The van der Waals surface area contributed by atoms with Gasteiger partial charge in [0.1, 0.15) is 12.4 Å². The number of pyridine rings is 1. The van der Waals surface area contributed by atoms with Crippen molar-refractivity contribution in [2.75, 3.05) is 32.4 Å². The van der Waals surface area contributed by atoms with Gasteiger partial charge in [-0.25, -0.2) is 9.97 Å². The Morgan fingerprint density at radius 2 is 1.93 bits per heavy atom. The van der Waals surface area contributed by atoms with Gasteiger partial charge in [-0.15, -0.1) is 0 Å². The van der Waals surface area contributed by atoms with Crippen LogP contribution in [-0.4, -0.2) is 63.4 Å². The van der Waals surface area contributed by atoms with E-state index < -0.39 is 5.41 Å². The highest BCUT2D eigenvalue weighted by atomic mass is 16.5. The third kappa shape index (κ3) is 3.95. The minimum absolute atomic E-state index is 0.257. The number of nitrogens with zero attached hydrogens (tertiary/aromatic N) is 6. The van der Waals surface area contributed by atoms with Crippen molar-refractivity contribution in [1.82, 2.24) is 24.9 Å². The fourth-order valence-corrected chi connectivity index (χ4v) is 3.79. The number of hydrazone groups is 1. The van der Waals surface area contributed by atoms with Crippen LogP contribution in [0.5, 0.6) is 5.88 Å². The Kier molecular flexibility index (Phi) is 5.23. The van der Waals surface area contributed by atoms with Crippen LogP contribution in [0.4, 0.5) is 5.82 Å². The molecule has 1 atom stereocenters. The number of nitrogen functional groups attached to an aromatic ring is 1. The van der Waals surface area contributed by atoms with E-state index in [0.29, 0.717) is 36.6 Å². The molecular weight excluding hydrogens is 368 g/mol. The predicted octanol–water partition coefficient (Wildman–Crippen LogP) is 0.973. The zero-order chi connectivity index (χ0) is 20.4. The van der Waals surface area contributed by atoms with Gasteiger partial charge < -0.3 is 21.1 Å². The van der Waals surface area contributed by atoms with E-state index in [1.165, 1.54) is 0 Å². The molecule has 4 rings (SSSR count). The number of amidine groups is 1. The molecule has 0 aromatic carbocycles. The second kappa shape index (κ2) is 7.82. The van der Waals surface area contributed by atoms with Crippen LogP contribution in [0.1, 0.15) is 31.0 Å². The van der Waals surface area contributed by atoms with Gasteiger partial charge >= 0.3 is 0 Å². The Labute approximate surface area is 170 Å². The van der Waals surface area contributed by atoms with E-state index in [2.05, 4.69) is 37.0 Å². The zero-order valence-corrected chi connectivity index (χ0v) is 17.0. The fourth-order valence-electron chi connectivity index (χ4n) is 3.79. The summed E-state index contributed by atoms with van der Waals surface area (Å²) in [6.07, 6.45) is 7.28.